The van der Waals surface area contributed by atoms with Crippen molar-refractivity contribution in [2.45, 2.75) is 36.8 Å². The maximum atomic E-state index is 4.11. The van der Waals surface area contributed by atoms with Crippen molar-refractivity contribution in [3.63, 3.8) is 0 Å². The number of benzene rings is 1. The zero-order valence-electron chi connectivity index (χ0n) is 11.8. The molecule has 1 N–H and O–H groups in total. The summed E-state index contributed by atoms with van der Waals surface area (Å²) in [5, 5.41) is 3.45. The molecule has 0 radical (unpaired) electrons. The molecule has 2 aliphatic rings. The van der Waals surface area contributed by atoms with Crippen molar-refractivity contribution < 1.29 is 0 Å². The van der Waals surface area contributed by atoms with E-state index in [0.29, 0.717) is 6.04 Å². The predicted octanol–water partition coefficient (Wildman–Crippen LogP) is 2.57. The van der Waals surface area contributed by atoms with Crippen molar-refractivity contribution in [3.8, 4) is 0 Å². The van der Waals surface area contributed by atoms with Gasteiger partial charge in [-0.25, -0.2) is 0 Å². The molecule has 0 spiro atoms. The third-order valence-electron chi connectivity index (χ3n) is 5.02. The SMILES string of the molecule is C=C[C@]1(c2ccccc2)C[C@@H]1N(C)C1CCNCC1. The number of hydrogen-bond donors (Lipinski definition) is 1. The van der Waals surface area contributed by atoms with Crippen molar-refractivity contribution in [2.75, 3.05) is 20.1 Å². The molecule has 1 aromatic carbocycles. The van der Waals surface area contributed by atoms with Crippen LogP contribution in [0.3, 0.4) is 0 Å². The summed E-state index contributed by atoms with van der Waals surface area (Å²) >= 11 is 0. The lowest BCUT2D eigenvalue weighted by molar-refractivity contribution is 0.182. The summed E-state index contributed by atoms with van der Waals surface area (Å²) in [4.78, 5) is 2.61. The van der Waals surface area contributed by atoms with Crippen LogP contribution in [0.15, 0.2) is 43.0 Å². The summed E-state index contributed by atoms with van der Waals surface area (Å²) < 4.78 is 0. The molecule has 102 valence electrons. The van der Waals surface area contributed by atoms with Gasteiger partial charge in [0.2, 0.25) is 0 Å². The van der Waals surface area contributed by atoms with E-state index in [1.165, 1.54) is 24.8 Å². The first-order valence-electron chi connectivity index (χ1n) is 7.40. The van der Waals surface area contributed by atoms with Crippen LogP contribution in [-0.2, 0) is 5.41 Å². The van der Waals surface area contributed by atoms with Gasteiger partial charge < -0.3 is 5.32 Å². The summed E-state index contributed by atoms with van der Waals surface area (Å²) in [6.07, 6.45) is 5.94. The lowest BCUT2D eigenvalue weighted by Crippen LogP contribution is -2.43. The quantitative estimate of drug-likeness (QED) is 0.833. The minimum atomic E-state index is 0.195. The van der Waals surface area contributed by atoms with E-state index >= 15 is 0 Å². The molecule has 0 unspecified atom stereocenters. The Kier molecular flexibility index (Phi) is 3.46. The molecule has 1 aliphatic heterocycles. The van der Waals surface area contributed by atoms with Crippen molar-refractivity contribution in [3.05, 3.63) is 48.6 Å². The Bertz CT molecular complexity index is 436. The maximum Gasteiger partial charge on any atom is 0.0301 e. The lowest BCUT2D eigenvalue weighted by atomic mass is 9.94. The van der Waals surface area contributed by atoms with Crippen molar-refractivity contribution in [1.29, 1.82) is 0 Å². The van der Waals surface area contributed by atoms with Gasteiger partial charge in [-0.05, 0) is 45.0 Å². The van der Waals surface area contributed by atoms with Crippen LogP contribution in [0.25, 0.3) is 0 Å². The van der Waals surface area contributed by atoms with Gasteiger partial charge in [-0.2, -0.15) is 0 Å². The maximum absolute atomic E-state index is 4.11. The third-order valence-corrected chi connectivity index (χ3v) is 5.02. The normalized spacial score (nSPS) is 31.4. The van der Waals surface area contributed by atoms with Crippen LogP contribution in [0.4, 0.5) is 0 Å². The molecule has 1 aromatic rings. The first-order chi connectivity index (χ1) is 9.28. The first-order valence-corrected chi connectivity index (χ1v) is 7.40. The van der Waals surface area contributed by atoms with Gasteiger partial charge in [0.25, 0.3) is 0 Å². The van der Waals surface area contributed by atoms with E-state index in [9.17, 15) is 0 Å². The molecular formula is C17H24N2. The van der Waals surface area contributed by atoms with Gasteiger partial charge in [-0.15, -0.1) is 6.58 Å². The molecule has 2 heteroatoms. The molecule has 2 fully saturated rings. The standard InChI is InChI=1S/C17H24N2/c1-3-17(14-7-5-4-6-8-14)13-16(17)19(2)15-9-11-18-12-10-15/h3-8,15-16,18H,1,9-13H2,2H3/t16-,17+/m0/s1. The fraction of sp³-hybridized carbons (Fsp3) is 0.529. The molecule has 1 saturated carbocycles. The Morgan fingerprint density at radius 1 is 1.26 bits per heavy atom. The topological polar surface area (TPSA) is 15.3 Å². The average molecular weight is 256 g/mol. The van der Waals surface area contributed by atoms with E-state index < -0.39 is 0 Å². The van der Waals surface area contributed by atoms with Gasteiger partial charge in [-0.3, -0.25) is 4.90 Å². The Morgan fingerprint density at radius 3 is 2.58 bits per heavy atom. The first kappa shape index (κ1) is 12.9. The molecule has 1 aliphatic carbocycles. The second-order valence-corrected chi connectivity index (χ2v) is 5.98. The molecule has 0 aromatic heterocycles. The van der Waals surface area contributed by atoms with Gasteiger partial charge in [0.1, 0.15) is 0 Å². The van der Waals surface area contributed by atoms with Gasteiger partial charge in [0.15, 0.2) is 0 Å². The molecule has 1 saturated heterocycles. The highest BCUT2D eigenvalue weighted by molar-refractivity contribution is 5.41. The second kappa shape index (κ2) is 5.10. The smallest absolute Gasteiger partial charge is 0.0301 e. The average Bonchev–Trinajstić information content (AvgIpc) is 3.24. The van der Waals surface area contributed by atoms with Gasteiger partial charge in [-0.1, -0.05) is 36.4 Å². The fourth-order valence-electron chi connectivity index (χ4n) is 3.63. The van der Waals surface area contributed by atoms with Crippen molar-refractivity contribution in [1.82, 2.24) is 10.2 Å². The van der Waals surface area contributed by atoms with E-state index in [1.807, 2.05) is 0 Å². The number of piperidine rings is 1. The third kappa shape index (κ3) is 2.24. The number of likely N-dealkylation sites (N-methyl/N-ethyl adjacent to an activating group) is 1. The molecule has 19 heavy (non-hydrogen) atoms. The Morgan fingerprint density at radius 2 is 1.95 bits per heavy atom. The monoisotopic (exact) mass is 256 g/mol. The fourth-order valence-corrected chi connectivity index (χ4v) is 3.63. The van der Waals surface area contributed by atoms with Crippen LogP contribution in [-0.4, -0.2) is 37.1 Å². The molecule has 2 nitrogen and oxygen atoms in total. The van der Waals surface area contributed by atoms with E-state index in [1.54, 1.807) is 0 Å². The molecule has 2 atom stereocenters. The highest BCUT2D eigenvalue weighted by atomic mass is 15.2. The predicted molar refractivity (Wildman–Crippen MR) is 80.4 cm³/mol. The summed E-state index contributed by atoms with van der Waals surface area (Å²) in [7, 11) is 2.30. The van der Waals surface area contributed by atoms with E-state index in [2.05, 4.69) is 60.3 Å². The second-order valence-electron chi connectivity index (χ2n) is 5.98. The molecular weight excluding hydrogens is 232 g/mol. The molecule has 0 amide bonds. The highest BCUT2D eigenvalue weighted by Gasteiger charge is 2.55. The van der Waals surface area contributed by atoms with E-state index in [4.69, 9.17) is 0 Å². The Hall–Kier alpha value is -1.12. The minimum absolute atomic E-state index is 0.195. The molecule has 3 rings (SSSR count). The number of nitrogens with one attached hydrogen (secondary N) is 1. The lowest BCUT2D eigenvalue weighted by Gasteiger charge is -2.33. The number of rotatable bonds is 4. The van der Waals surface area contributed by atoms with Crippen LogP contribution in [0.2, 0.25) is 0 Å². The van der Waals surface area contributed by atoms with E-state index in [0.717, 1.165) is 19.1 Å². The Labute approximate surface area is 116 Å². The zero-order valence-corrected chi connectivity index (χ0v) is 11.8. The van der Waals surface area contributed by atoms with Crippen molar-refractivity contribution in [2.24, 2.45) is 0 Å². The largest absolute Gasteiger partial charge is 0.317 e. The molecule has 0 bridgehead atoms. The van der Waals surface area contributed by atoms with Crippen molar-refractivity contribution >= 4 is 0 Å². The zero-order chi connectivity index (χ0) is 13.3. The van der Waals surface area contributed by atoms with Crippen LogP contribution in [0.5, 0.6) is 0 Å². The van der Waals surface area contributed by atoms with Crippen LogP contribution >= 0.6 is 0 Å². The summed E-state index contributed by atoms with van der Waals surface area (Å²) in [5.41, 5.74) is 1.62. The van der Waals surface area contributed by atoms with Crippen LogP contribution in [0.1, 0.15) is 24.8 Å². The van der Waals surface area contributed by atoms with Gasteiger partial charge in [0, 0.05) is 17.5 Å². The van der Waals surface area contributed by atoms with Gasteiger partial charge >= 0.3 is 0 Å². The van der Waals surface area contributed by atoms with Crippen LogP contribution in [0, 0.1) is 0 Å². The summed E-state index contributed by atoms with van der Waals surface area (Å²) in [5.74, 6) is 0. The molecule has 1 heterocycles. The number of hydrogen-bond acceptors (Lipinski definition) is 2. The van der Waals surface area contributed by atoms with Crippen LogP contribution < -0.4 is 5.32 Å². The highest BCUT2D eigenvalue weighted by Crippen LogP contribution is 2.52. The minimum Gasteiger partial charge on any atom is -0.317 e. The number of nitrogens with zero attached hydrogens (tertiary/aromatic N) is 1. The van der Waals surface area contributed by atoms with E-state index in [-0.39, 0.29) is 5.41 Å². The Balaban J connectivity index is 1.75. The summed E-state index contributed by atoms with van der Waals surface area (Å²) in [6, 6.07) is 12.2. The summed E-state index contributed by atoms with van der Waals surface area (Å²) in [6.45, 7) is 6.43. The van der Waals surface area contributed by atoms with Gasteiger partial charge in [0.05, 0.1) is 0 Å².